The maximum Gasteiger partial charge on any atom is 0.343 e. The van der Waals surface area contributed by atoms with Crippen molar-refractivity contribution in [3.05, 3.63) is 83.7 Å². The van der Waals surface area contributed by atoms with Gasteiger partial charge in [0.05, 0.1) is 17.2 Å². The first kappa shape index (κ1) is 34.5. The van der Waals surface area contributed by atoms with E-state index in [2.05, 4.69) is 20.8 Å². The number of benzene rings is 3. The van der Waals surface area contributed by atoms with Gasteiger partial charge in [0.1, 0.15) is 17.3 Å². The Morgan fingerprint density at radius 1 is 0.682 bits per heavy atom. The Morgan fingerprint density at radius 2 is 1.27 bits per heavy atom. The maximum atomic E-state index is 14.7. The fourth-order valence-electron chi connectivity index (χ4n) is 4.69. The van der Waals surface area contributed by atoms with Crippen molar-refractivity contribution in [2.24, 2.45) is 5.92 Å². The Bertz CT molecular complexity index is 1350. The molecular weight excluding hydrogens is 559 g/mol. The zero-order valence-electron chi connectivity index (χ0n) is 26.4. The SMILES string of the molecule is CCCCCCCCCC(=O)Oc1ccc(-c2ccc(C(=O)Oc3ccc(C(=O)O[C@H](C)CCC(C)C)c(F)c3)cc2)cc1. The molecule has 3 rings (SSSR count). The van der Waals surface area contributed by atoms with Crippen LogP contribution in [0.15, 0.2) is 66.7 Å². The number of esters is 3. The molecule has 0 spiro atoms. The third-order valence-corrected chi connectivity index (χ3v) is 7.35. The molecule has 0 amide bonds. The van der Waals surface area contributed by atoms with Crippen LogP contribution in [0.2, 0.25) is 0 Å². The van der Waals surface area contributed by atoms with Gasteiger partial charge < -0.3 is 14.2 Å². The molecule has 0 N–H and O–H groups in total. The molecule has 236 valence electrons. The first-order valence-electron chi connectivity index (χ1n) is 15.8. The Labute approximate surface area is 260 Å². The summed E-state index contributed by atoms with van der Waals surface area (Å²) in [5.74, 6) is -1.49. The fourth-order valence-corrected chi connectivity index (χ4v) is 4.69. The largest absolute Gasteiger partial charge is 0.459 e. The van der Waals surface area contributed by atoms with Gasteiger partial charge in [-0.15, -0.1) is 0 Å². The summed E-state index contributed by atoms with van der Waals surface area (Å²) in [6.07, 6.45) is 9.68. The number of rotatable bonds is 17. The second kappa shape index (κ2) is 18.0. The first-order valence-corrected chi connectivity index (χ1v) is 15.8. The highest BCUT2D eigenvalue weighted by Gasteiger charge is 2.18. The molecule has 0 fully saturated rings. The van der Waals surface area contributed by atoms with Crippen LogP contribution < -0.4 is 9.47 Å². The average molecular weight is 605 g/mol. The zero-order chi connectivity index (χ0) is 31.9. The van der Waals surface area contributed by atoms with Crippen LogP contribution in [0.4, 0.5) is 4.39 Å². The second-order valence-corrected chi connectivity index (χ2v) is 11.7. The monoisotopic (exact) mass is 604 g/mol. The summed E-state index contributed by atoms with van der Waals surface area (Å²) >= 11 is 0. The maximum absolute atomic E-state index is 14.7. The van der Waals surface area contributed by atoms with Crippen molar-refractivity contribution in [2.45, 2.75) is 98.0 Å². The fraction of sp³-hybridized carbons (Fsp3) is 0.432. The van der Waals surface area contributed by atoms with Gasteiger partial charge in [0.25, 0.3) is 0 Å². The van der Waals surface area contributed by atoms with Crippen molar-refractivity contribution in [1.82, 2.24) is 0 Å². The van der Waals surface area contributed by atoms with Gasteiger partial charge in [-0.25, -0.2) is 14.0 Å². The number of unbranched alkanes of at least 4 members (excludes halogenated alkanes) is 6. The van der Waals surface area contributed by atoms with Crippen LogP contribution in [0.3, 0.4) is 0 Å². The van der Waals surface area contributed by atoms with Crippen LogP contribution in [0.1, 0.15) is 113 Å². The van der Waals surface area contributed by atoms with Crippen LogP contribution in [0, 0.1) is 11.7 Å². The highest BCUT2D eigenvalue weighted by atomic mass is 19.1. The molecule has 0 aliphatic rings. The molecule has 3 aromatic rings. The molecule has 1 atom stereocenters. The Balaban J connectivity index is 1.48. The normalized spacial score (nSPS) is 11.7. The van der Waals surface area contributed by atoms with Gasteiger partial charge in [-0.2, -0.15) is 0 Å². The summed E-state index contributed by atoms with van der Waals surface area (Å²) in [6.45, 7) is 8.15. The number of ether oxygens (including phenoxy) is 3. The molecule has 44 heavy (non-hydrogen) atoms. The number of hydrogen-bond donors (Lipinski definition) is 0. The average Bonchev–Trinajstić information content (AvgIpc) is 3.00. The van der Waals surface area contributed by atoms with E-state index in [-0.39, 0.29) is 28.9 Å². The number of halogens is 1. The van der Waals surface area contributed by atoms with E-state index in [0.29, 0.717) is 24.5 Å². The predicted octanol–water partition coefficient (Wildman–Crippen LogP) is 9.74. The van der Waals surface area contributed by atoms with Crippen LogP contribution >= 0.6 is 0 Å². The van der Waals surface area contributed by atoms with Gasteiger partial charge in [0, 0.05) is 12.5 Å². The van der Waals surface area contributed by atoms with Crippen molar-refractivity contribution in [3.8, 4) is 22.6 Å². The molecule has 0 heterocycles. The van der Waals surface area contributed by atoms with Gasteiger partial charge >= 0.3 is 17.9 Å². The van der Waals surface area contributed by atoms with Gasteiger partial charge in [-0.05, 0) is 79.6 Å². The van der Waals surface area contributed by atoms with Crippen LogP contribution in [0.5, 0.6) is 11.5 Å². The lowest BCUT2D eigenvalue weighted by atomic mass is 10.0. The minimum absolute atomic E-state index is 0.0157. The number of hydrogen-bond acceptors (Lipinski definition) is 6. The lowest BCUT2D eigenvalue weighted by molar-refractivity contribution is -0.134. The van der Waals surface area contributed by atoms with Crippen LogP contribution in [-0.4, -0.2) is 24.0 Å². The molecular formula is C37H45FO6. The molecule has 0 saturated carbocycles. The lowest BCUT2D eigenvalue weighted by Gasteiger charge is -2.15. The molecule has 0 aliphatic carbocycles. The van der Waals surface area contributed by atoms with E-state index in [9.17, 15) is 18.8 Å². The van der Waals surface area contributed by atoms with Gasteiger partial charge in [0.2, 0.25) is 0 Å². The summed E-state index contributed by atoms with van der Waals surface area (Å²) in [4.78, 5) is 37.2. The molecule has 0 unspecified atom stereocenters. The Morgan fingerprint density at radius 3 is 1.89 bits per heavy atom. The van der Waals surface area contributed by atoms with Crippen LogP contribution in [-0.2, 0) is 9.53 Å². The molecule has 7 heteroatoms. The third kappa shape index (κ3) is 11.6. The Kier molecular flexibility index (Phi) is 14.1. The summed E-state index contributed by atoms with van der Waals surface area (Å²) in [6, 6.07) is 17.6. The quantitative estimate of drug-likeness (QED) is 0.0867. The minimum Gasteiger partial charge on any atom is -0.459 e. The second-order valence-electron chi connectivity index (χ2n) is 11.7. The van der Waals surface area contributed by atoms with Crippen molar-refractivity contribution in [3.63, 3.8) is 0 Å². The van der Waals surface area contributed by atoms with E-state index in [0.717, 1.165) is 42.9 Å². The van der Waals surface area contributed by atoms with E-state index >= 15 is 0 Å². The smallest absolute Gasteiger partial charge is 0.343 e. The van der Waals surface area contributed by atoms with Gasteiger partial charge in [-0.3, -0.25) is 4.79 Å². The van der Waals surface area contributed by atoms with E-state index < -0.39 is 17.8 Å². The van der Waals surface area contributed by atoms with Crippen molar-refractivity contribution in [1.29, 1.82) is 0 Å². The first-order chi connectivity index (χ1) is 21.2. The molecule has 6 nitrogen and oxygen atoms in total. The van der Waals surface area contributed by atoms with Crippen molar-refractivity contribution in [2.75, 3.05) is 0 Å². The van der Waals surface area contributed by atoms with E-state index in [1.165, 1.54) is 37.8 Å². The summed E-state index contributed by atoms with van der Waals surface area (Å²) in [5.41, 5.74) is 1.82. The number of carbonyl (C=O) groups excluding carboxylic acids is 3. The predicted molar refractivity (Wildman–Crippen MR) is 170 cm³/mol. The molecule has 0 aromatic heterocycles. The van der Waals surface area contributed by atoms with Gasteiger partial charge in [0.15, 0.2) is 0 Å². The van der Waals surface area contributed by atoms with E-state index in [4.69, 9.17) is 14.2 Å². The van der Waals surface area contributed by atoms with Crippen LogP contribution in [0.25, 0.3) is 11.1 Å². The summed E-state index contributed by atoms with van der Waals surface area (Å²) in [5, 5.41) is 0. The molecule has 0 bridgehead atoms. The molecule has 0 radical (unpaired) electrons. The topological polar surface area (TPSA) is 78.9 Å². The number of carbonyl (C=O) groups is 3. The van der Waals surface area contributed by atoms with E-state index in [1.54, 1.807) is 43.3 Å². The molecule has 0 saturated heterocycles. The van der Waals surface area contributed by atoms with Crippen molar-refractivity contribution >= 4 is 17.9 Å². The molecule has 3 aromatic carbocycles. The zero-order valence-corrected chi connectivity index (χ0v) is 26.4. The highest BCUT2D eigenvalue weighted by molar-refractivity contribution is 5.92. The Hall–Kier alpha value is -4.00. The standard InChI is InChI=1S/C37H45FO6/c1-5-6-7-8-9-10-11-12-35(39)43-31-21-19-29(20-22-31)28-15-17-30(18-16-28)36(40)44-32-23-24-33(34(38)25-32)37(41)42-27(4)14-13-26(2)3/h15-27H,5-14H2,1-4H3/t27-/m1/s1. The lowest BCUT2D eigenvalue weighted by Crippen LogP contribution is -2.17. The summed E-state index contributed by atoms with van der Waals surface area (Å²) < 4.78 is 30.8. The van der Waals surface area contributed by atoms with Crippen molar-refractivity contribution < 1.29 is 33.0 Å². The molecule has 0 aliphatic heterocycles. The van der Waals surface area contributed by atoms with E-state index in [1.807, 2.05) is 12.1 Å². The third-order valence-electron chi connectivity index (χ3n) is 7.35. The highest BCUT2D eigenvalue weighted by Crippen LogP contribution is 2.25. The van der Waals surface area contributed by atoms with Gasteiger partial charge in [-0.1, -0.05) is 83.6 Å². The minimum atomic E-state index is -0.821. The summed E-state index contributed by atoms with van der Waals surface area (Å²) in [7, 11) is 0.